The van der Waals surface area contributed by atoms with Crippen LogP contribution in [0.2, 0.25) is 0 Å². The number of sulfonamides is 1. The summed E-state index contributed by atoms with van der Waals surface area (Å²) in [6, 6.07) is 1.46. The Morgan fingerprint density at radius 2 is 2.06 bits per heavy atom. The van der Waals surface area contributed by atoms with Crippen LogP contribution in [0.5, 0.6) is 0 Å². The van der Waals surface area contributed by atoms with E-state index in [4.69, 9.17) is 4.74 Å². The number of esters is 1. The molecule has 0 radical (unpaired) electrons. The molecule has 18 heavy (non-hydrogen) atoms. The van der Waals surface area contributed by atoms with Crippen LogP contribution < -0.4 is 0 Å². The maximum absolute atomic E-state index is 12.2. The van der Waals surface area contributed by atoms with E-state index in [1.165, 1.54) is 27.3 Å². The summed E-state index contributed by atoms with van der Waals surface area (Å²) in [6.07, 6.45) is 0. The van der Waals surface area contributed by atoms with Crippen molar-refractivity contribution in [1.29, 1.82) is 0 Å². The van der Waals surface area contributed by atoms with Crippen molar-refractivity contribution in [1.82, 2.24) is 4.31 Å². The molecule has 0 bridgehead atoms. The van der Waals surface area contributed by atoms with E-state index in [-0.39, 0.29) is 16.4 Å². The minimum atomic E-state index is -3.66. The number of methoxy groups -OCH3 is 2. The van der Waals surface area contributed by atoms with Gasteiger partial charge in [0.2, 0.25) is 5.88 Å². The van der Waals surface area contributed by atoms with Crippen LogP contribution in [-0.4, -0.2) is 40.0 Å². The maximum Gasteiger partial charge on any atom is 0.344 e. The number of nitrogens with zero attached hydrogens (tertiary/aromatic N) is 1. The van der Waals surface area contributed by atoms with Crippen LogP contribution in [0.3, 0.4) is 0 Å². The fourth-order valence-corrected chi connectivity index (χ4v) is 4.32. The van der Waals surface area contributed by atoms with Crippen molar-refractivity contribution in [2.45, 2.75) is 4.90 Å². The summed E-state index contributed by atoms with van der Waals surface area (Å²) in [6.45, 7) is 0. The molecule has 8 heteroatoms. The van der Waals surface area contributed by atoms with Gasteiger partial charge in [0.05, 0.1) is 19.1 Å². The first kappa shape index (κ1) is 12.9. The topological polar surface area (TPSA) is 72.9 Å². The molecule has 2 heterocycles. The Labute approximate surface area is 108 Å². The van der Waals surface area contributed by atoms with Gasteiger partial charge in [-0.3, -0.25) is 0 Å². The Balaban J connectivity index is 2.80. The molecule has 0 atom stereocenters. The van der Waals surface area contributed by atoms with Crippen LogP contribution in [0.15, 0.2) is 22.2 Å². The first-order valence-electron chi connectivity index (χ1n) is 4.88. The molecule has 0 aromatic carbocycles. The summed E-state index contributed by atoms with van der Waals surface area (Å²) < 4.78 is 35.0. The second-order valence-electron chi connectivity index (χ2n) is 3.46. The van der Waals surface area contributed by atoms with Gasteiger partial charge in [0, 0.05) is 7.05 Å². The van der Waals surface area contributed by atoms with Crippen molar-refractivity contribution < 1.29 is 22.7 Å². The number of ether oxygens (including phenoxy) is 2. The standard InChI is InChI=1S/C10H11NO5S2/c1-11-9(15-2)7(10(12)16-3)8-6(4-5-17-8)18(11,13)14/h4-5H,1-3H3. The van der Waals surface area contributed by atoms with Crippen LogP contribution in [0.4, 0.5) is 0 Å². The smallest absolute Gasteiger partial charge is 0.344 e. The summed E-state index contributed by atoms with van der Waals surface area (Å²) in [5.74, 6) is -0.658. The van der Waals surface area contributed by atoms with Crippen LogP contribution in [0.25, 0.3) is 5.57 Å². The average molecular weight is 289 g/mol. The zero-order valence-electron chi connectivity index (χ0n) is 9.96. The lowest BCUT2D eigenvalue weighted by Gasteiger charge is -2.27. The summed E-state index contributed by atoms with van der Waals surface area (Å²) in [5.41, 5.74) is 0.127. The molecule has 1 aliphatic heterocycles. The van der Waals surface area contributed by atoms with E-state index in [0.717, 1.165) is 15.6 Å². The second kappa shape index (κ2) is 4.29. The van der Waals surface area contributed by atoms with Gasteiger partial charge in [0.25, 0.3) is 10.0 Å². The molecule has 0 spiro atoms. The molecule has 0 unspecified atom stereocenters. The van der Waals surface area contributed by atoms with Gasteiger partial charge in [-0.15, -0.1) is 11.3 Å². The molecule has 0 fully saturated rings. The molecular formula is C10H11NO5S2. The average Bonchev–Trinajstić information content (AvgIpc) is 2.82. The van der Waals surface area contributed by atoms with Gasteiger partial charge in [-0.25, -0.2) is 17.5 Å². The zero-order valence-corrected chi connectivity index (χ0v) is 11.6. The molecule has 0 saturated heterocycles. The van der Waals surface area contributed by atoms with Gasteiger partial charge < -0.3 is 9.47 Å². The summed E-state index contributed by atoms with van der Waals surface area (Å²) in [4.78, 5) is 12.2. The quantitative estimate of drug-likeness (QED) is 0.755. The van der Waals surface area contributed by atoms with Crippen molar-refractivity contribution in [2.75, 3.05) is 21.3 Å². The third-order valence-corrected chi connectivity index (χ3v) is 5.42. The van der Waals surface area contributed by atoms with E-state index in [0.29, 0.717) is 4.88 Å². The van der Waals surface area contributed by atoms with Gasteiger partial charge in [-0.1, -0.05) is 0 Å². The van der Waals surface area contributed by atoms with Gasteiger partial charge in [0.1, 0.15) is 10.5 Å². The Morgan fingerprint density at radius 1 is 1.39 bits per heavy atom. The van der Waals surface area contributed by atoms with Crippen LogP contribution >= 0.6 is 11.3 Å². The molecule has 2 rings (SSSR count). The lowest BCUT2D eigenvalue weighted by Crippen LogP contribution is -2.33. The third kappa shape index (κ3) is 1.60. The summed E-state index contributed by atoms with van der Waals surface area (Å²) >= 11 is 1.16. The maximum atomic E-state index is 12.2. The lowest BCUT2D eigenvalue weighted by atomic mass is 10.2. The highest BCUT2D eigenvalue weighted by Gasteiger charge is 2.39. The fourth-order valence-electron chi connectivity index (χ4n) is 1.71. The van der Waals surface area contributed by atoms with Crippen LogP contribution in [0.1, 0.15) is 4.88 Å². The number of carbonyl (C=O) groups is 1. The van der Waals surface area contributed by atoms with E-state index in [2.05, 4.69) is 4.74 Å². The third-order valence-electron chi connectivity index (χ3n) is 2.58. The highest BCUT2D eigenvalue weighted by molar-refractivity contribution is 7.89. The van der Waals surface area contributed by atoms with Crippen molar-refractivity contribution in [3.63, 3.8) is 0 Å². The highest BCUT2D eigenvalue weighted by atomic mass is 32.2. The van der Waals surface area contributed by atoms with Gasteiger partial charge in [0.15, 0.2) is 0 Å². The molecular weight excluding hydrogens is 278 g/mol. The van der Waals surface area contributed by atoms with Crippen molar-refractivity contribution in [2.24, 2.45) is 0 Å². The molecule has 98 valence electrons. The highest BCUT2D eigenvalue weighted by Crippen LogP contribution is 2.39. The summed E-state index contributed by atoms with van der Waals surface area (Å²) in [7, 11) is 0.214. The molecule has 6 nitrogen and oxygen atoms in total. The number of rotatable bonds is 2. The molecule has 1 aromatic heterocycles. The number of thiophene rings is 1. The fraction of sp³-hybridized carbons (Fsp3) is 0.300. The molecule has 0 aliphatic carbocycles. The van der Waals surface area contributed by atoms with E-state index in [9.17, 15) is 13.2 Å². The van der Waals surface area contributed by atoms with Crippen LogP contribution in [-0.2, 0) is 24.3 Å². The van der Waals surface area contributed by atoms with Crippen LogP contribution in [0, 0.1) is 0 Å². The Bertz CT molecular complexity index is 628. The zero-order chi connectivity index (χ0) is 13.5. The van der Waals surface area contributed by atoms with E-state index < -0.39 is 16.0 Å². The molecule has 0 saturated carbocycles. The SMILES string of the molecule is COC(=O)C1=C(OC)N(C)S(=O)(=O)c2ccsc21. The van der Waals surface area contributed by atoms with Gasteiger partial charge >= 0.3 is 5.97 Å². The number of hydrogen-bond donors (Lipinski definition) is 0. The van der Waals surface area contributed by atoms with E-state index >= 15 is 0 Å². The predicted octanol–water partition coefficient (Wildman–Crippen LogP) is 0.870. The first-order chi connectivity index (χ1) is 8.45. The van der Waals surface area contributed by atoms with E-state index in [1.807, 2.05) is 0 Å². The Morgan fingerprint density at radius 3 is 2.61 bits per heavy atom. The number of fused-ring (bicyclic) bond motifs is 1. The second-order valence-corrected chi connectivity index (χ2v) is 6.32. The molecule has 1 aliphatic rings. The monoisotopic (exact) mass is 289 g/mol. The summed E-state index contributed by atoms with van der Waals surface area (Å²) in [5, 5.41) is 1.61. The van der Waals surface area contributed by atoms with Gasteiger partial charge in [-0.2, -0.15) is 0 Å². The minimum absolute atomic E-state index is 0.0307. The molecule has 0 amide bonds. The van der Waals surface area contributed by atoms with Crippen molar-refractivity contribution >= 4 is 32.9 Å². The van der Waals surface area contributed by atoms with Gasteiger partial charge in [-0.05, 0) is 11.4 Å². The first-order valence-corrected chi connectivity index (χ1v) is 7.20. The lowest BCUT2D eigenvalue weighted by molar-refractivity contribution is -0.133. The minimum Gasteiger partial charge on any atom is -0.481 e. The molecule has 1 aromatic rings. The van der Waals surface area contributed by atoms with Crippen molar-refractivity contribution in [3.8, 4) is 0 Å². The Kier molecular flexibility index (Phi) is 3.07. The number of hydrogen-bond acceptors (Lipinski definition) is 6. The Hall–Kier alpha value is -1.54. The molecule has 0 N–H and O–H groups in total. The number of carbonyl (C=O) groups excluding carboxylic acids is 1. The largest absolute Gasteiger partial charge is 0.481 e. The van der Waals surface area contributed by atoms with Crippen molar-refractivity contribution in [3.05, 3.63) is 22.2 Å². The normalized spacial score (nSPS) is 17.4. The van der Waals surface area contributed by atoms with E-state index in [1.54, 1.807) is 5.38 Å². The predicted molar refractivity (Wildman–Crippen MR) is 65.2 cm³/mol.